The van der Waals surface area contributed by atoms with Crippen LogP contribution >= 0.6 is 0 Å². The Bertz CT molecular complexity index is 238. The van der Waals surface area contributed by atoms with Crippen LogP contribution in [-0.2, 0) is 9.22 Å². The summed E-state index contributed by atoms with van der Waals surface area (Å²) in [5, 5.41) is 2.95. The van der Waals surface area contributed by atoms with Gasteiger partial charge in [-0.25, -0.2) is 0 Å². The Hall–Kier alpha value is -0.353. The summed E-state index contributed by atoms with van der Waals surface area (Å²) in [7, 11) is -0.690. The van der Waals surface area contributed by atoms with Gasteiger partial charge >= 0.3 is 0 Å². The van der Waals surface area contributed by atoms with E-state index in [1.165, 1.54) is 0 Å². The Morgan fingerprint density at radius 3 is 2.44 bits per heavy atom. The largest absolute Gasteiger partial charge is 0.413 e. The molecule has 2 unspecified atom stereocenters. The van der Waals surface area contributed by atoms with E-state index in [1.807, 2.05) is 0 Å². The fraction of sp³-hybridized carbons (Fsp3) is 0.917. The lowest BCUT2D eigenvalue weighted by atomic mass is 9.78. The molecule has 0 aromatic rings. The van der Waals surface area contributed by atoms with Crippen molar-refractivity contribution in [3.05, 3.63) is 0 Å². The molecule has 0 aromatic heterocycles. The highest BCUT2D eigenvalue weighted by atomic mass is 28.3. The molecule has 4 heteroatoms. The fourth-order valence-electron chi connectivity index (χ4n) is 2.24. The maximum absolute atomic E-state index is 11.2. The summed E-state index contributed by atoms with van der Waals surface area (Å²) in [6.07, 6.45) is 1.87. The van der Waals surface area contributed by atoms with E-state index in [1.54, 1.807) is 0 Å². The molecule has 1 aliphatic rings. The monoisotopic (exact) mass is 242 g/mol. The van der Waals surface area contributed by atoms with Crippen LogP contribution in [0.25, 0.3) is 0 Å². The Balaban J connectivity index is 2.65. The van der Waals surface area contributed by atoms with E-state index in [4.69, 9.17) is 4.43 Å². The van der Waals surface area contributed by atoms with Crippen LogP contribution < -0.4 is 5.32 Å². The minimum Gasteiger partial charge on any atom is -0.413 e. The zero-order chi connectivity index (χ0) is 12.3. The van der Waals surface area contributed by atoms with Crippen molar-refractivity contribution >= 4 is 14.9 Å². The van der Waals surface area contributed by atoms with Gasteiger partial charge in [0.05, 0.1) is 6.10 Å². The van der Waals surface area contributed by atoms with Gasteiger partial charge in [0.1, 0.15) is 0 Å². The van der Waals surface area contributed by atoms with Gasteiger partial charge < -0.3 is 9.74 Å². The quantitative estimate of drug-likeness (QED) is 0.771. The van der Waals surface area contributed by atoms with Crippen LogP contribution in [0, 0.1) is 11.3 Å². The van der Waals surface area contributed by atoms with E-state index >= 15 is 0 Å². The molecule has 16 heavy (non-hydrogen) atoms. The number of nitrogens with one attached hydrogen (secondary N) is 1. The third-order valence-corrected chi connectivity index (χ3v) is 3.67. The average molecular weight is 242 g/mol. The number of carbonyl (C=O) groups excluding carboxylic acids is 1. The number of piperidine rings is 1. The van der Waals surface area contributed by atoms with Gasteiger partial charge in [0.15, 0.2) is 0 Å². The summed E-state index contributed by atoms with van der Waals surface area (Å²) >= 11 is 0. The molecule has 93 valence electrons. The topological polar surface area (TPSA) is 38.3 Å². The smallest absolute Gasteiger partial charge is 0.220 e. The number of rotatable bonds is 3. The predicted octanol–water partition coefficient (Wildman–Crippen LogP) is 2.20. The zero-order valence-corrected chi connectivity index (χ0v) is 12.1. The number of carbonyl (C=O) groups is 1. The molecule has 1 saturated heterocycles. The highest BCUT2D eigenvalue weighted by Crippen LogP contribution is 2.32. The van der Waals surface area contributed by atoms with Gasteiger partial charge in [-0.2, -0.15) is 0 Å². The summed E-state index contributed by atoms with van der Waals surface area (Å²) in [6.45, 7) is 11.8. The molecule has 1 rings (SSSR count). The molecular weight excluding hydrogens is 218 g/mol. The number of hydrogen-bond acceptors (Lipinski definition) is 2. The third kappa shape index (κ3) is 3.90. The Kier molecular flexibility index (Phi) is 4.56. The van der Waals surface area contributed by atoms with E-state index in [2.05, 4.69) is 39.2 Å². The SMILES string of the molecule is C[Si](C)OC(C1CCC(=O)NC1)C(C)(C)C. The second-order valence-corrected chi connectivity index (χ2v) is 7.97. The lowest BCUT2D eigenvalue weighted by Gasteiger charge is -2.40. The van der Waals surface area contributed by atoms with Gasteiger partial charge in [-0.1, -0.05) is 20.8 Å². The summed E-state index contributed by atoms with van der Waals surface area (Å²) in [5.41, 5.74) is 0.147. The third-order valence-electron chi connectivity index (χ3n) is 2.95. The Morgan fingerprint density at radius 2 is 2.06 bits per heavy atom. The molecule has 1 N–H and O–H groups in total. The Labute approximate surface area is 101 Å². The van der Waals surface area contributed by atoms with Crippen molar-refractivity contribution < 1.29 is 9.22 Å². The molecule has 1 fully saturated rings. The fourth-order valence-corrected chi connectivity index (χ4v) is 3.30. The molecule has 0 saturated carbocycles. The van der Waals surface area contributed by atoms with E-state index in [0.29, 0.717) is 12.3 Å². The van der Waals surface area contributed by atoms with E-state index in [-0.39, 0.29) is 17.4 Å². The van der Waals surface area contributed by atoms with Crippen LogP contribution in [0.15, 0.2) is 0 Å². The molecule has 2 atom stereocenters. The maximum Gasteiger partial charge on any atom is 0.220 e. The van der Waals surface area contributed by atoms with E-state index < -0.39 is 9.04 Å². The van der Waals surface area contributed by atoms with Crippen molar-refractivity contribution in [2.75, 3.05) is 6.54 Å². The van der Waals surface area contributed by atoms with Crippen LogP contribution in [0.3, 0.4) is 0 Å². The molecule has 0 spiro atoms. The van der Waals surface area contributed by atoms with Crippen molar-refractivity contribution in [2.45, 2.75) is 52.8 Å². The summed E-state index contributed by atoms with van der Waals surface area (Å²) in [4.78, 5) is 11.2. The van der Waals surface area contributed by atoms with Gasteiger partial charge in [-0.3, -0.25) is 4.79 Å². The first-order chi connectivity index (χ1) is 7.30. The second-order valence-electron chi connectivity index (χ2n) is 5.92. The van der Waals surface area contributed by atoms with Crippen LogP contribution in [-0.4, -0.2) is 27.6 Å². The van der Waals surface area contributed by atoms with Crippen LogP contribution in [0.1, 0.15) is 33.6 Å². The van der Waals surface area contributed by atoms with Crippen molar-refractivity contribution in [3.63, 3.8) is 0 Å². The van der Waals surface area contributed by atoms with Crippen LogP contribution in [0.5, 0.6) is 0 Å². The zero-order valence-electron chi connectivity index (χ0n) is 11.1. The minimum absolute atomic E-state index is 0.147. The molecular formula is C12H24NO2Si. The van der Waals surface area contributed by atoms with Gasteiger partial charge in [0.25, 0.3) is 0 Å². The van der Waals surface area contributed by atoms with Crippen molar-refractivity contribution in [2.24, 2.45) is 11.3 Å². The first-order valence-electron chi connectivity index (χ1n) is 6.04. The molecule has 0 bridgehead atoms. The lowest BCUT2D eigenvalue weighted by molar-refractivity contribution is -0.124. The van der Waals surface area contributed by atoms with Crippen LogP contribution in [0.2, 0.25) is 13.1 Å². The normalized spacial score (nSPS) is 24.4. The van der Waals surface area contributed by atoms with Gasteiger partial charge in [0, 0.05) is 18.9 Å². The molecule has 1 aliphatic heterocycles. The molecule has 1 heterocycles. The maximum atomic E-state index is 11.2. The first kappa shape index (κ1) is 13.7. The highest BCUT2D eigenvalue weighted by Gasteiger charge is 2.35. The standard InChI is InChI=1S/C12H24NO2Si/c1-12(2,3)11(15-16(4)5)9-6-7-10(14)13-8-9/h9,11H,6-8H2,1-5H3,(H,13,14). The first-order valence-corrected chi connectivity index (χ1v) is 8.45. The number of amides is 1. The lowest BCUT2D eigenvalue weighted by Crippen LogP contribution is -2.47. The Morgan fingerprint density at radius 1 is 1.44 bits per heavy atom. The van der Waals surface area contributed by atoms with E-state index in [9.17, 15) is 4.79 Å². The molecule has 1 radical (unpaired) electrons. The molecule has 0 aromatic carbocycles. The summed E-state index contributed by atoms with van der Waals surface area (Å²) in [5.74, 6) is 0.653. The molecule has 1 amide bonds. The predicted molar refractivity (Wildman–Crippen MR) is 67.5 cm³/mol. The van der Waals surface area contributed by atoms with Gasteiger partial charge in [-0.15, -0.1) is 0 Å². The van der Waals surface area contributed by atoms with Crippen molar-refractivity contribution in [1.29, 1.82) is 0 Å². The summed E-state index contributed by atoms with van der Waals surface area (Å²) < 4.78 is 6.14. The highest BCUT2D eigenvalue weighted by molar-refractivity contribution is 6.48. The average Bonchev–Trinajstić information content (AvgIpc) is 2.14. The van der Waals surface area contributed by atoms with Crippen LogP contribution in [0.4, 0.5) is 0 Å². The van der Waals surface area contributed by atoms with Crippen molar-refractivity contribution in [3.8, 4) is 0 Å². The van der Waals surface area contributed by atoms with Gasteiger partial charge in [-0.05, 0) is 24.9 Å². The number of hydrogen-bond donors (Lipinski definition) is 1. The van der Waals surface area contributed by atoms with Crippen molar-refractivity contribution in [1.82, 2.24) is 5.32 Å². The minimum atomic E-state index is -0.690. The molecule has 0 aliphatic carbocycles. The van der Waals surface area contributed by atoms with E-state index in [0.717, 1.165) is 13.0 Å². The second kappa shape index (κ2) is 5.32. The van der Waals surface area contributed by atoms with Gasteiger partial charge in [0.2, 0.25) is 14.9 Å². The molecule has 3 nitrogen and oxygen atoms in total. The summed E-state index contributed by atoms with van der Waals surface area (Å²) in [6, 6.07) is 0.